The molecular formula is C21H22O3. The van der Waals surface area contributed by atoms with Crippen molar-refractivity contribution in [3.63, 3.8) is 0 Å². The predicted octanol–water partition coefficient (Wildman–Crippen LogP) is 4.42. The smallest absolute Gasteiger partial charge is 0.342 e. The third kappa shape index (κ3) is 4.42. The van der Waals surface area contributed by atoms with Crippen molar-refractivity contribution < 1.29 is 14.3 Å². The van der Waals surface area contributed by atoms with Gasteiger partial charge < -0.3 is 4.74 Å². The second-order valence-electron chi connectivity index (χ2n) is 6.54. The number of rotatable bonds is 4. The predicted molar refractivity (Wildman–Crippen MR) is 95.4 cm³/mol. The summed E-state index contributed by atoms with van der Waals surface area (Å²) >= 11 is 0. The number of carbonyl (C=O) groups is 2. The molecule has 2 rings (SSSR count). The van der Waals surface area contributed by atoms with E-state index in [9.17, 15) is 9.59 Å². The molecule has 0 aliphatic heterocycles. The van der Waals surface area contributed by atoms with Gasteiger partial charge in [0, 0.05) is 5.57 Å². The van der Waals surface area contributed by atoms with E-state index in [0.717, 1.165) is 11.1 Å². The lowest BCUT2D eigenvalue weighted by atomic mass is 9.91. The van der Waals surface area contributed by atoms with Gasteiger partial charge in [-0.15, -0.1) is 0 Å². The van der Waals surface area contributed by atoms with E-state index < -0.39 is 11.6 Å². The summed E-state index contributed by atoms with van der Waals surface area (Å²) in [6.07, 6.45) is 0. The molecule has 124 valence electrons. The summed E-state index contributed by atoms with van der Waals surface area (Å²) in [6.45, 7) is 6.75. The molecule has 0 fully saturated rings. The Hall–Kier alpha value is -2.68. The fraction of sp³-hybridized carbons (Fsp3) is 0.238. The highest BCUT2D eigenvalue weighted by molar-refractivity contribution is 6.23. The molecule has 24 heavy (non-hydrogen) atoms. The van der Waals surface area contributed by atoms with Crippen LogP contribution in [0.15, 0.2) is 66.2 Å². The van der Waals surface area contributed by atoms with E-state index in [4.69, 9.17) is 4.74 Å². The van der Waals surface area contributed by atoms with Gasteiger partial charge in [-0.1, -0.05) is 60.7 Å². The lowest BCUT2D eigenvalue weighted by Gasteiger charge is -2.21. The van der Waals surface area contributed by atoms with Crippen molar-refractivity contribution in [2.24, 2.45) is 0 Å². The number of benzene rings is 2. The van der Waals surface area contributed by atoms with Crippen LogP contribution in [0.3, 0.4) is 0 Å². The highest BCUT2D eigenvalue weighted by Gasteiger charge is 2.27. The Balaban J connectivity index is 2.71. The molecule has 0 N–H and O–H groups in total. The summed E-state index contributed by atoms with van der Waals surface area (Å²) in [5.41, 5.74) is 1.61. The summed E-state index contributed by atoms with van der Waals surface area (Å²) in [5, 5.41) is 0. The van der Waals surface area contributed by atoms with Crippen molar-refractivity contribution in [2.45, 2.75) is 33.3 Å². The molecule has 0 heterocycles. The number of hydrogen-bond donors (Lipinski definition) is 0. The molecule has 3 heteroatoms. The van der Waals surface area contributed by atoms with E-state index in [1.54, 1.807) is 20.8 Å². The number of hydrogen-bond acceptors (Lipinski definition) is 3. The molecule has 0 bridgehead atoms. The molecule has 0 aliphatic rings. The number of Topliss-reactive ketones (excluding diaryl/α,β-unsaturated/α-hetero) is 1. The SMILES string of the molecule is CC(=O)C(C(=O)OC(C)(C)C)=C(c1ccccc1)c1ccccc1. The highest BCUT2D eigenvalue weighted by atomic mass is 16.6. The number of esters is 1. The van der Waals surface area contributed by atoms with Crippen molar-refractivity contribution in [1.82, 2.24) is 0 Å². The Morgan fingerprint density at radius 1 is 0.792 bits per heavy atom. The second-order valence-corrected chi connectivity index (χ2v) is 6.54. The minimum atomic E-state index is -0.670. The molecule has 0 aromatic heterocycles. The van der Waals surface area contributed by atoms with Crippen molar-refractivity contribution in [3.05, 3.63) is 77.4 Å². The zero-order valence-electron chi connectivity index (χ0n) is 14.5. The Bertz CT molecular complexity index is 709. The van der Waals surface area contributed by atoms with Gasteiger partial charge in [0.25, 0.3) is 0 Å². The maximum atomic E-state index is 12.7. The van der Waals surface area contributed by atoms with Crippen LogP contribution >= 0.6 is 0 Å². The first-order chi connectivity index (χ1) is 11.3. The van der Waals surface area contributed by atoms with Crippen LogP contribution < -0.4 is 0 Å². The van der Waals surface area contributed by atoms with Crippen LogP contribution in [-0.4, -0.2) is 17.4 Å². The van der Waals surface area contributed by atoms with Crippen LogP contribution in [0, 0.1) is 0 Å². The van der Waals surface area contributed by atoms with Gasteiger partial charge in [0.2, 0.25) is 0 Å². The minimum absolute atomic E-state index is 0.0716. The van der Waals surface area contributed by atoms with E-state index in [1.165, 1.54) is 6.92 Å². The molecule has 3 nitrogen and oxygen atoms in total. The van der Waals surface area contributed by atoms with Crippen molar-refractivity contribution in [1.29, 1.82) is 0 Å². The summed E-state index contributed by atoms with van der Waals surface area (Å²) in [7, 11) is 0. The molecule has 2 aromatic rings. The molecule has 0 saturated carbocycles. The fourth-order valence-electron chi connectivity index (χ4n) is 2.42. The van der Waals surface area contributed by atoms with Crippen LogP contribution in [-0.2, 0) is 14.3 Å². The van der Waals surface area contributed by atoms with E-state index >= 15 is 0 Å². The second kappa shape index (κ2) is 7.26. The Morgan fingerprint density at radius 3 is 1.54 bits per heavy atom. The molecule has 0 atom stereocenters. The van der Waals surface area contributed by atoms with E-state index in [0.29, 0.717) is 5.57 Å². The number of carbonyl (C=O) groups excluding carboxylic acids is 2. The first-order valence-electron chi connectivity index (χ1n) is 7.89. The topological polar surface area (TPSA) is 43.4 Å². The third-order valence-corrected chi connectivity index (χ3v) is 3.33. The maximum absolute atomic E-state index is 12.7. The highest BCUT2D eigenvalue weighted by Crippen LogP contribution is 2.29. The van der Waals surface area contributed by atoms with Gasteiger partial charge in [-0.25, -0.2) is 4.79 Å². The largest absolute Gasteiger partial charge is 0.456 e. The van der Waals surface area contributed by atoms with Gasteiger partial charge in [-0.2, -0.15) is 0 Å². The third-order valence-electron chi connectivity index (χ3n) is 3.33. The van der Waals surface area contributed by atoms with Crippen molar-refractivity contribution in [2.75, 3.05) is 0 Å². The molecule has 0 unspecified atom stereocenters. The molecule has 0 radical (unpaired) electrons. The Labute approximate surface area is 143 Å². The fourth-order valence-corrected chi connectivity index (χ4v) is 2.42. The zero-order chi connectivity index (χ0) is 17.7. The molecule has 0 amide bonds. The molecule has 2 aromatic carbocycles. The average molecular weight is 322 g/mol. The normalized spacial score (nSPS) is 10.8. The van der Waals surface area contributed by atoms with Crippen LogP contribution in [0.2, 0.25) is 0 Å². The lowest BCUT2D eigenvalue weighted by molar-refractivity contribution is -0.150. The Morgan fingerprint density at radius 2 is 1.21 bits per heavy atom. The Kier molecular flexibility index (Phi) is 5.35. The van der Waals surface area contributed by atoms with Crippen molar-refractivity contribution >= 4 is 17.3 Å². The summed E-state index contributed by atoms with van der Waals surface area (Å²) < 4.78 is 5.47. The van der Waals surface area contributed by atoms with Crippen LogP contribution in [0.4, 0.5) is 0 Å². The quantitative estimate of drug-likeness (QED) is 0.362. The standard InChI is InChI=1S/C21H22O3/c1-15(22)18(20(23)24-21(2,3)4)19(16-11-7-5-8-12-16)17-13-9-6-10-14-17/h5-14H,1-4H3. The molecule has 0 saturated heterocycles. The summed E-state index contributed by atoms with van der Waals surface area (Å²) in [5.74, 6) is -0.912. The van der Waals surface area contributed by atoms with Gasteiger partial charge >= 0.3 is 5.97 Å². The van der Waals surface area contributed by atoms with Crippen LogP contribution in [0.5, 0.6) is 0 Å². The van der Waals surface area contributed by atoms with Crippen LogP contribution in [0.25, 0.3) is 5.57 Å². The minimum Gasteiger partial charge on any atom is -0.456 e. The molecule has 0 spiro atoms. The average Bonchev–Trinajstić information content (AvgIpc) is 2.52. The maximum Gasteiger partial charge on any atom is 0.342 e. The lowest BCUT2D eigenvalue weighted by Crippen LogP contribution is -2.27. The molecule has 0 aliphatic carbocycles. The van der Waals surface area contributed by atoms with E-state index in [2.05, 4.69) is 0 Å². The van der Waals surface area contributed by atoms with Gasteiger partial charge in [0.1, 0.15) is 11.2 Å². The zero-order valence-corrected chi connectivity index (χ0v) is 14.5. The van der Waals surface area contributed by atoms with Crippen LogP contribution in [0.1, 0.15) is 38.8 Å². The van der Waals surface area contributed by atoms with E-state index in [-0.39, 0.29) is 11.4 Å². The van der Waals surface area contributed by atoms with Gasteiger partial charge in [0.05, 0.1) is 0 Å². The first kappa shape index (κ1) is 17.7. The van der Waals surface area contributed by atoms with E-state index in [1.807, 2.05) is 60.7 Å². The molecular weight excluding hydrogens is 300 g/mol. The van der Waals surface area contributed by atoms with Crippen molar-refractivity contribution in [3.8, 4) is 0 Å². The van der Waals surface area contributed by atoms with Gasteiger partial charge in [-0.05, 0) is 38.8 Å². The van der Waals surface area contributed by atoms with Gasteiger partial charge in [-0.3, -0.25) is 4.79 Å². The number of ether oxygens (including phenoxy) is 1. The summed E-state index contributed by atoms with van der Waals surface area (Å²) in [4.78, 5) is 25.0. The monoisotopic (exact) mass is 322 g/mol. The summed E-state index contributed by atoms with van der Waals surface area (Å²) in [6, 6.07) is 18.9. The first-order valence-corrected chi connectivity index (χ1v) is 7.89. The number of ketones is 1. The van der Waals surface area contributed by atoms with Gasteiger partial charge in [0.15, 0.2) is 5.78 Å².